The number of rotatable bonds is 2. The highest BCUT2D eigenvalue weighted by Crippen LogP contribution is 1.80. The summed E-state index contributed by atoms with van der Waals surface area (Å²) in [6.07, 6.45) is 1.50. The van der Waals surface area contributed by atoms with Crippen LogP contribution in [-0.4, -0.2) is 29.5 Å². The summed E-state index contributed by atoms with van der Waals surface area (Å²) < 4.78 is 0. The van der Waals surface area contributed by atoms with Crippen LogP contribution in [0.2, 0.25) is 0 Å². The Labute approximate surface area is 43.4 Å². The minimum atomic E-state index is 0.938. The Morgan fingerprint density at radius 2 is 2.00 bits per heavy atom. The summed E-state index contributed by atoms with van der Waals surface area (Å²) in [6.45, 7) is 3.41. The van der Waals surface area contributed by atoms with E-state index in [1.165, 1.54) is 18.3 Å². The maximum absolute atomic E-state index is 8.51. The molecule has 0 rings (SSSR count). The predicted molar refractivity (Wildman–Crippen MR) is 27.5 cm³/mol. The second-order valence-electron chi connectivity index (χ2n) is 1.25. The topological polar surface area (TPSA) is 26.7 Å². The summed E-state index contributed by atoms with van der Waals surface area (Å²) >= 11 is 0. The predicted octanol–water partition coefficient (Wildman–Crippen LogP) is 0.298. The van der Waals surface area contributed by atoms with Gasteiger partial charge < -0.3 is 0 Å². The molecule has 1 N–H and O–H groups in total. The first-order chi connectivity index (χ1) is 3.18. The lowest BCUT2D eigenvalue weighted by atomic mass is 10.9. The summed E-state index contributed by atoms with van der Waals surface area (Å²) in [5.41, 5.74) is 0. The van der Waals surface area contributed by atoms with Gasteiger partial charge in [0.05, 0.1) is 0 Å². The van der Waals surface area contributed by atoms with Crippen molar-refractivity contribution in [1.29, 1.82) is 0 Å². The zero-order chi connectivity index (χ0) is 5.86. The first-order valence-corrected chi connectivity index (χ1v) is 1.96. The van der Waals surface area contributed by atoms with Crippen LogP contribution in [0.15, 0.2) is 12.8 Å². The van der Waals surface area contributed by atoms with Crippen LogP contribution >= 0.6 is 0 Å². The lowest BCUT2D eigenvalue weighted by Gasteiger charge is -2.18. The van der Waals surface area contributed by atoms with Gasteiger partial charge in [-0.15, -0.1) is 5.17 Å². The van der Waals surface area contributed by atoms with Gasteiger partial charge >= 0.3 is 0 Å². The molecule has 0 spiro atoms. The van der Waals surface area contributed by atoms with Gasteiger partial charge in [-0.2, -0.15) is 0 Å². The molecule has 0 aliphatic carbocycles. The van der Waals surface area contributed by atoms with Gasteiger partial charge in [0.25, 0.3) is 0 Å². The fraction of sp³-hybridized carbons (Fsp3) is 0.500. The molecule has 0 aromatic carbocycles. The van der Waals surface area contributed by atoms with Crippen molar-refractivity contribution in [1.82, 2.24) is 10.2 Å². The average Bonchev–Trinajstić information content (AvgIpc) is 1.65. The molecule has 3 nitrogen and oxygen atoms in total. The van der Waals surface area contributed by atoms with Crippen molar-refractivity contribution in [2.45, 2.75) is 0 Å². The first kappa shape index (κ1) is 6.46. The third-order valence-electron chi connectivity index (χ3n) is 0.721. The number of hydrogen-bond donors (Lipinski definition) is 1. The molecule has 0 unspecified atom stereocenters. The van der Waals surface area contributed by atoms with Gasteiger partial charge in [-0.05, 0) is 0 Å². The van der Waals surface area contributed by atoms with E-state index in [9.17, 15) is 0 Å². The van der Waals surface area contributed by atoms with Crippen molar-refractivity contribution in [2.75, 3.05) is 14.1 Å². The van der Waals surface area contributed by atoms with Crippen LogP contribution in [0, 0.1) is 0 Å². The molecule has 7 heavy (non-hydrogen) atoms. The number of nitrogens with zero attached hydrogens (tertiary/aromatic N) is 2. The molecular formula is C4H10N2O. The van der Waals surface area contributed by atoms with Gasteiger partial charge in [-0.1, -0.05) is 6.58 Å². The van der Waals surface area contributed by atoms with Crippen LogP contribution in [0.1, 0.15) is 0 Å². The Kier molecular flexibility index (Phi) is 2.40. The van der Waals surface area contributed by atoms with E-state index in [-0.39, 0.29) is 0 Å². The Morgan fingerprint density at radius 3 is 2.00 bits per heavy atom. The second kappa shape index (κ2) is 2.60. The van der Waals surface area contributed by atoms with Gasteiger partial charge in [0.1, 0.15) is 0 Å². The van der Waals surface area contributed by atoms with Crippen molar-refractivity contribution in [3.63, 3.8) is 0 Å². The van der Waals surface area contributed by atoms with E-state index in [2.05, 4.69) is 6.58 Å². The first-order valence-electron chi connectivity index (χ1n) is 1.96. The Hall–Kier alpha value is -0.540. The van der Waals surface area contributed by atoms with Gasteiger partial charge in [0.2, 0.25) is 0 Å². The molecular weight excluding hydrogens is 92.1 g/mol. The standard InChI is InChI=1S/C4H10N2O/c1-4-5(2)6(3)7/h4,7H,1H2,2-3H3. The summed E-state index contributed by atoms with van der Waals surface area (Å²) in [5, 5.41) is 10.9. The molecule has 0 bridgehead atoms. The highest BCUT2D eigenvalue weighted by atomic mass is 16.5. The highest BCUT2D eigenvalue weighted by molar-refractivity contribution is 4.58. The van der Waals surface area contributed by atoms with E-state index in [1.807, 2.05) is 0 Å². The largest absolute Gasteiger partial charge is 0.295 e. The fourth-order valence-corrected chi connectivity index (χ4v) is 0.118. The molecule has 0 aliphatic rings. The van der Waals surface area contributed by atoms with Gasteiger partial charge in [-0.3, -0.25) is 10.2 Å². The summed E-state index contributed by atoms with van der Waals surface area (Å²) in [5.74, 6) is 0. The van der Waals surface area contributed by atoms with Crippen LogP contribution in [-0.2, 0) is 0 Å². The maximum Gasteiger partial charge on any atom is 0.0339 e. The number of hydroxylamine groups is 1. The Balaban J connectivity index is 3.33. The van der Waals surface area contributed by atoms with Gasteiger partial charge in [-0.25, -0.2) is 0 Å². The van der Waals surface area contributed by atoms with Gasteiger partial charge in [0.15, 0.2) is 0 Å². The molecule has 0 aromatic heterocycles. The SMILES string of the molecule is C=CN(C)N(C)O. The lowest BCUT2D eigenvalue weighted by molar-refractivity contribution is -0.192. The van der Waals surface area contributed by atoms with Crippen molar-refractivity contribution < 1.29 is 5.21 Å². The van der Waals surface area contributed by atoms with Crippen LogP contribution in [0.25, 0.3) is 0 Å². The summed E-state index contributed by atoms with van der Waals surface area (Å²) in [7, 11) is 3.20. The molecule has 0 saturated heterocycles. The molecule has 0 atom stereocenters. The third kappa shape index (κ3) is 2.19. The third-order valence-corrected chi connectivity index (χ3v) is 0.721. The molecule has 0 amide bonds. The zero-order valence-electron chi connectivity index (χ0n) is 4.63. The monoisotopic (exact) mass is 102 g/mol. The Bertz CT molecular complexity index is 62.7. The maximum atomic E-state index is 8.51. The van der Waals surface area contributed by atoms with Crippen molar-refractivity contribution in [2.24, 2.45) is 0 Å². The number of hydrazine groups is 1. The van der Waals surface area contributed by atoms with Crippen molar-refractivity contribution in [3.8, 4) is 0 Å². The molecule has 0 aromatic rings. The summed E-state index contributed by atoms with van der Waals surface area (Å²) in [6, 6.07) is 0. The Morgan fingerprint density at radius 1 is 1.57 bits per heavy atom. The molecule has 0 aliphatic heterocycles. The molecule has 0 heterocycles. The smallest absolute Gasteiger partial charge is 0.0339 e. The van der Waals surface area contributed by atoms with Crippen LogP contribution in [0.4, 0.5) is 0 Å². The van der Waals surface area contributed by atoms with E-state index in [0.717, 1.165) is 5.17 Å². The fourth-order valence-electron chi connectivity index (χ4n) is 0.118. The van der Waals surface area contributed by atoms with E-state index >= 15 is 0 Å². The van der Waals surface area contributed by atoms with Crippen LogP contribution in [0.3, 0.4) is 0 Å². The van der Waals surface area contributed by atoms with E-state index in [1.54, 1.807) is 7.05 Å². The number of hydrogen-bond acceptors (Lipinski definition) is 3. The van der Waals surface area contributed by atoms with E-state index in [0.29, 0.717) is 0 Å². The van der Waals surface area contributed by atoms with Crippen molar-refractivity contribution in [3.05, 3.63) is 12.8 Å². The van der Waals surface area contributed by atoms with Gasteiger partial charge in [0, 0.05) is 20.3 Å². The van der Waals surface area contributed by atoms with E-state index in [4.69, 9.17) is 5.21 Å². The molecule has 0 fully saturated rings. The summed E-state index contributed by atoms with van der Waals surface area (Å²) in [4.78, 5) is 0. The zero-order valence-corrected chi connectivity index (χ0v) is 4.63. The van der Waals surface area contributed by atoms with Crippen LogP contribution < -0.4 is 0 Å². The molecule has 3 heteroatoms. The minimum absolute atomic E-state index is 0.938. The molecule has 0 radical (unpaired) electrons. The van der Waals surface area contributed by atoms with Crippen molar-refractivity contribution >= 4 is 0 Å². The highest BCUT2D eigenvalue weighted by Gasteiger charge is 1.88. The normalized spacial score (nSPS) is 9.14. The molecule has 0 saturated carbocycles. The quantitative estimate of drug-likeness (QED) is 0.508. The minimum Gasteiger partial charge on any atom is -0.295 e. The molecule has 42 valence electrons. The second-order valence-corrected chi connectivity index (χ2v) is 1.25. The van der Waals surface area contributed by atoms with Crippen LogP contribution in [0.5, 0.6) is 0 Å². The average molecular weight is 102 g/mol. The lowest BCUT2D eigenvalue weighted by Crippen LogP contribution is -2.28. The van der Waals surface area contributed by atoms with E-state index < -0.39 is 0 Å².